The van der Waals surface area contributed by atoms with Crippen LogP contribution in [0.4, 0.5) is 10.5 Å². The number of nitrogens with one attached hydrogen (secondary N) is 2. The van der Waals surface area contributed by atoms with E-state index >= 15 is 0 Å². The van der Waals surface area contributed by atoms with E-state index < -0.39 is 0 Å². The zero-order valence-electron chi connectivity index (χ0n) is 13.4. The molecule has 5 heteroatoms. The van der Waals surface area contributed by atoms with Crippen molar-refractivity contribution >= 4 is 23.7 Å². The Kier molecular flexibility index (Phi) is 4.88. The summed E-state index contributed by atoms with van der Waals surface area (Å²) in [6.45, 7) is 5.69. The summed E-state index contributed by atoms with van der Waals surface area (Å²) >= 11 is 1.62. The molecule has 2 aromatic carbocycles. The van der Waals surface area contributed by atoms with Gasteiger partial charge in [0.2, 0.25) is 0 Å². The van der Waals surface area contributed by atoms with E-state index in [1.807, 2.05) is 23.1 Å². The third-order valence-electron chi connectivity index (χ3n) is 3.99. The summed E-state index contributed by atoms with van der Waals surface area (Å²) < 4.78 is 3.23. The molecule has 1 atom stereocenters. The Hall–Kier alpha value is -1.98. The Labute approximate surface area is 141 Å². The van der Waals surface area contributed by atoms with Crippen LogP contribution in [-0.4, -0.2) is 17.5 Å². The van der Waals surface area contributed by atoms with Crippen molar-refractivity contribution in [3.8, 4) is 0 Å². The minimum absolute atomic E-state index is 0.0395. The van der Waals surface area contributed by atoms with E-state index in [4.69, 9.17) is 0 Å². The van der Waals surface area contributed by atoms with Crippen LogP contribution in [-0.2, 0) is 6.54 Å². The number of nitrogens with zero attached hydrogens (tertiary/aromatic N) is 1. The number of hydrogen-bond donors (Lipinski definition) is 2. The summed E-state index contributed by atoms with van der Waals surface area (Å²) in [7, 11) is 0. The molecule has 0 fully saturated rings. The first-order valence-corrected chi connectivity index (χ1v) is 8.66. The van der Waals surface area contributed by atoms with Crippen LogP contribution >= 0.6 is 11.9 Å². The highest BCUT2D eigenvalue weighted by Gasteiger charge is 2.28. The van der Waals surface area contributed by atoms with E-state index in [2.05, 4.69) is 54.2 Å². The van der Waals surface area contributed by atoms with Crippen LogP contribution in [0.3, 0.4) is 0 Å². The first kappa shape index (κ1) is 15.9. The highest BCUT2D eigenvalue weighted by molar-refractivity contribution is 7.97. The molecule has 0 spiro atoms. The number of benzene rings is 2. The molecule has 120 valence electrons. The number of anilines is 1. The maximum absolute atomic E-state index is 12.4. The lowest BCUT2D eigenvalue weighted by Gasteiger charge is -2.35. The molecule has 1 heterocycles. The van der Waals surface area contributed by atoms with Crippen molar-refractivity contribution < 1.29 is 4.79 Å². The molecule has 2 amide bonds. The van der Waals surface area contributed by atoms with Crippen LogP contribution in [0, 0.1) is 0 Å². The van der Waals surface area contributed by atoms with Gasteiger partial charge in [-0.1, -0.05) is 37.3 Å². The second-order valence-electron chi connectivity index (χ2n) is 5.57. The molecule has 0 bridgehead atoms. The van der Waals surface area contributed by atoms with Crippen molar-refractivity contribution in [2.24, 2.45) is 0 Å². The molecular weight excluding hydrogens is 306 g/mol. The van der Waals surface area contributed by atoms with E-state index in [0.29, 0.717) is 6.54 Å². The van der Waals surface area contributed by atoms with Crippen LogP contribution in [0.15, 0.2) is 53.4 Å². The Morgan fingerprint density at radius 3 is 2.65 bits per heavy atom. The Balaban J connectivity index is 1.73. The van der Waals surface area contributed by atoms with Crippen LogP contribution in [0.5, 0.6) is 0 Å². The molecule has 1 aliphatic heterocycles. The largest absolute Gasteiger partial charge is 0.322 e. The van der Waals surface area contributed by atoms with Gasteiger partial charge in [0.25, 0.3) is 0 Å². The molecule has 0 aromatic heterocycles. The number of fused-ring (bicyclic) bond motifs is 1. The van der Waals surface area contributed by atoms with Gasteiger partial charge in [-0.05, 0) is 48.2 Å². The SMILES string of the molecule is CCNSc1ccc(CN2C(=O)Nc3ccccc3C2C)cc1. The standard InChI is InChI=1S/C18H21N3OS/c1-3-19-23-15-10-8-14(9-11-15)12-21-13(2)16-6-4-5-7-17(16)20-18(21)22/h4-11,13,19H,3,12H2,1-2H3,(H,20,22). The van der Waals surface area contributed by atoms with Crippen LogP contribution in [0.1, 0.15) is 31.0 Å². The molecular formula is C18H21N3OS. The van der Waals surface area contributed by atoms with Crippen molar-refractivity contribution in [1.82, 2.24) is 9.62 Å². The number of urea groups is 1. The van der Waals surface area contributed by atoms with E-state index in [-0.39, 0.29) is 12.1 Å². The third kappa shape index (κ3) is 3.51. The summed E-state index contributed by atoms with van der Waals surface area (Å²) in [6, 6.07) is 16.3. The average molecular weight is 327 g/mol. The fourth-order valence-electron chi connectivity index (χ4n) is 2.73. The van der Waals surface area contributed by atoms with Gasteiger partial charge in [-0.3, -0.25) is 4.72 Å². The second-order valence-corrected chi connectivity index (χ2v) is 6.53. The number of hydrogen-bond acceptors (Lipinski definition) is 3. The number of carbonyl (C=O) groups is 1. The summed E-state index contributed by atoms with van der Waals surface area (Å²) in [4.78, 5) is 15.4. The molecule has 23 heavy (non-hydrogen) atoms. The van der Waals surface area contributed by atoms with E-state index in [0.717, 1.165) is 23.4 Å². The zero-order chi connectivity index (χ0) is 16.2. The van der Waals surface area contributed by atoms with Crippen LogP contribution < -0.4 is 10.0 Å². The van der Waals surface area contributed by atoms with Gasteiger partial charge in [0.05, 0.1) is 6.04 Å². The van der Waals surface area contributed by atoms with Crippen LogP contribution in [0.25, 0.3) is 0 Å². The molecule has 1 aliphatic rings. The monoisotopic (exact) mass is 327 g/mol. The number of para-hydroxylation sites is 1. The zero-order valence-corrected chi connectivity index (χ0v) is 14.2. The van der Waals surface area contributed by atoms with Gasteiger partial charge in [0.15, 0.2) is 0 Å². The van der Waals surface area contributed by atoms with E-state index in [1.165, 1.54) is 4.90 Å². The van der Waals surface area contributed by atoms with E-state index in [1.54, 1.807) is 11.9 Å². The van der Waals surface area contributed by atoms with Crippen molar-refractivity contribution in [3.63, 3.8) is 0 Å². The summed E-state index contributed by atoms with van der Waals surface area (Å²) in [5.41, 5.74) is 3.21. The lowest BCUT2D eigenvalue weighted by atomic mass is 10.0. The number of rotatable bonds is 5. The van der Waals surface area contributed by atoms with Gasteiger partial charge in [-0.25, -0.2) is 4.79 Å². The lowest BCUT2D eigenvalue weighted by molar-refractivity contribution is 0.186. The van der Waals surface area contributed by atoms with Gasteiger partial charge >= 0.3 is 6.03 Å². The van der Waals surface area contributed by atoms with Crippen molar-refractivity contribution in [2.45, 2.75) is 31.3 Å². The summed E-state index contributed by atoms with van der Waals surface area (Å²) in [5, 5.41) is 2.97. The maximum Gasteiger partial charge on any atom is 0.322 e. The summed E-state index contributed by atoms with van der Waals surface area (Å²) in [5.74, 6) is 0. The topological polar surface area (TPSA) is 44.4 Å². The molecule has 3 rings (SSSR count). The highest BCUT2D eigenvalue weighted by atomic mass is 32.2. The number of carbonyl (C=O) groups excluding carboxylic acids is 1. The highest BCUT2D eigenvalue weighted by Crippen LogP contribution is 2.33. The molecule has 0 aliphatic carbocycles. The first-order valence-electron chi connectivity index (χ1n) is 7.84. The van der Waals surface area contributed by atoms with Crippen molar-refractivity contribution in [2.75, 3.05) is 11.9 Å². The molecule has 2 N–H and O–H groups in total. The third-order valence-corrected chi connectivity index (χ3v) is 4.93. The fraction of sp³-hybridized carbons (Fsp3) is 0.278. The Morgan fingerprint density at radius 2 is 1.91 bits per heavy atom. The minimum atomic E-state index is -0.0395. The predicted octanol–water partition coefficient (Wildman–Crippen LogP) is 4.41. The molecule has 0 saturated carbocycles. The summed E-state index contributed by atoms with van der Waals surface area (Å²) in [6.07, 6.45) is 0. The van der Waals surface area contributed by atoms with Gasteiger partial charge in [-0.2, -0.15) is 0 Å². The molecule has 0 saturated heterocycles. The Bertz CT molecular complexity index is 687. The maximum atomic E-state index is 12.4. The predicted molar refractivity (Wildman–Crippen MR) is 95.4 cm³/mol. The van der Waals surface area contributed by atoms with Crippen molar-refractivity contribution in [3.05, 3.63) is 59.7 Å². The average Bonchev–Trinajstić information content (AvgIpc) is 2.58. The smallest absolute Gasteiger partial charge is 0.313 e. The lowest BCUT2D eigenvalue weighted by Crippen LogP contribution is -2.40. The number of amides is 2. The normalized spacial score (nSPS) is 16.9. The van der Waals surface area contributed by atoms with Crippen LogP contribution in [0.2, 0.25) is 0 Å². The first-order chi connectivity index (χ1) is 11.2. The second kappa shape index (κ2) is 7.06. The Morgan fingerprint density at radius 1 is 1.17 bits per heavy atom. The molecule has 4 nitrogen and oxygen atoms in total. The van der Waals surface area contributed by atoms with Gasteiger partial charge in [-0.15, -0.1) is 0 Å². The quantitative estimate of drug-likeness (QED) is 0.799. The van der Waals surface area contributed by atoms with Gasteiger partial charge in [0, 0.05) is 23.7 Å². The van der Waals surface area contributed by atoms with Gasteiger partial charge < -0.3 is 10.2 Å². The molecule has 0 radical (unpaired) electrons. The van der Waals surface area contributed by atoms with Gasteiger partial charge in [0.1, 0.15) is 0 Å². The minimum Gasteiger partial charge on any atom is -0.313 e. The molecule has 1 unspecified atom stereocenters. The van der Waals surface area contributed by atoms with E-state index in [9.17, 15) is 4.79 Å². The fourth-order valence-corrected chi connectivity index (χ4v) is 3.31. The molecule has 2 aromatic rings. The van der Waals surface area contributed by atoms with Crippen molar-refractivity contribution in [1.29, 1.82) is 0 Å².